The zero-order chi connectivity index (χ0) is 21.8. The van der Waals surface area contributed by atoms with Crippen LogP contribution in [0.5, 0.6) is 0 Å². The van der Waals surface area contributed by atoms with Gasteiger partial charge in [-0.2, -0.15) is 0 Å². The Morgan fingerprint density at radius 2 is 1.43 bits per heavy atom. The Morgan fingerprint density at radius 1 is 0.733 bits per heavy atom. The van der Waals surface area contributed by atoms with Crippen LogP contribution in [0.25, 0.3) is 0 Å². The van der Waals surface area contributed by atoms with Crippen LogP contribution in [-0.2, 0) is 0 Å². The van der Waals surface area contributed by atoms with Crippen LogP contribution >= 0.6 is 0 Å². The lowest BCUT2D eigenvalue weighted by Gasteiger charge is -2.52. The molecule has 3 aliphatic rings. The zero-order valence-corrected chi connectivity index (χ0v) is 21.4. The maximum absolute atomic E-state index is 7.39. The Labute approximate surface area is 189 Å². The van der Waals surface area contributed by atoms with Crippen molar-refractivity contribution in [3.63, 3.8) is 0 Å². The highest BCUT2D eigenvalue weighted by Crippen LogP contribution is 2.61. The predicted octanol–water partition coefficient (Wildman–Crippen LogP) is 8.89. The van der Waals surface area contributed by atoms with Crippen molar-refractivity contribution in [2.45, 2.75) is 149 Å². The third-order valence-electron chi connectivity index (χ3n) is 11.0. The fourth-order valence-electron chi connectivity index (χ4n) is 8.88. The Morgan fingerprint density at radius 3 is 2.13 bits per heavy atom. The maximum atomic E-state index is 7.39. The van der Waals surface area contributed by atoms with Crippen molar-refractivity contribution in [3.05, 3.63) is 0 Å². The smallest absolute Gasteiger partial charge is 0.0211 e. The van der Waals surface area contributed by atoms with E-state index in [0.29, 0.717) is 10.8 Å². The summed E-state index contributed by atoms with van der Waals surface area (Å²) >= 11 is 0. The summed E-state index contributed by atoms with van der Waals surface area (Å²) in [6.45, 7) is 12.6. The Kier molecular flexibility index (Phi) is 8.42. The molecule has 3 rings (SSSR count). The van der Waals surface area contributed by atoms with Crippen molar-refractivity contribution in [2.24, 2.45) is 40.2 Å². The van der Waals surface area contributed by atoms with E-state index < -0.39 is 0 Å². The van der Waals surface area contributed by atoms with Crippen LogP contribution in [0.4, 0.5) is 0 Å². The van der Waals surface area contributed by atoms with E-state index in [-0.39, 0.29) is 5.54 Å². The second-order valence-corrected chi connectivity index (χ2v) is 12.5. The summed E-state index contributed by atoms with van der Waals surface area (Å²) in [4.78, 5) is 0. The molecule has 0 heterocycles. The van der Waals surface area contributed by atoms with E-state index in [1.54, 1.807) is 0 Å². The van der Waals surface area contributed by atoms with Crippen LogP contribution in [0, 0.1) is 34.5 Å². The van der Waals surface area contributed by atoms with Crippen molar-refractivity contribution in [1.29, 1.82) is 0 Å². The van der Waals surface area contributed by atoms with Gasteiger partial charge in [0.2, 0.25) is 0 Å². The van der Waals surface area contributed by atoms with Crippen molar-refractivity contribution >= 4 is 0 Å². The molecule has 1 nitrogen and oxygen atoms in total. The van der Waals surface area contributed by atoms with Gasteiger partial charge in [-0.25, -0.2) is 0 Å². The summed E-state index contributed by atoms with van der Waals surface area (Å²) in [7, 11) is 0. The average molecular weight is 418 g/mol. The molecule has 0 aliphatic heterocycles. The fourth-order valence-corrected chi connectivity index (χ4v) is 8.88. The van der Waals surface area contributed by atoms with Crippen LogP contribution in [-0.4, -0.2) is 5.54 Å². The summed E-state index contributed by atoms with van der Waals surface area (Å²) in [5.74, 6) is 3.68. The number of rotatable bonds is 7. The highest BCUT2D eigenvalue weighted by atomic mass is 14.8. The number of unbranched alkanes of at least 4 members (excludes halogenated alkanes) is 3. The van der Waals surface area contributed by atoms with E-state index in [9.17, 15) is 0 Å². The molecule has 0 spiro atoms. The average Bonchev–Trinajstić information content (AvgIpc) is 2.98. The maximum Gasteiger partial charge on any atom is 0.0211 e. The van der Waals surface area contributed by atoms with Crippen LogP contribution in [0.1, 0.15) is 144 Å². The van der Waals surface area contributed by atoms with Crippen molar-refractivity contribution in [1.82, 2.24) is 0 Å². The lowest BCUT2D eigenvalue weighted by atomic mass is 9.54. The van der Waals surface area contributed by atoms with Gasteiger partial charge in [0.15, 0.2) is 0 Å². The minimum Gasteiger partial charge on any atom is -0.325 e. The molecule has 3 aliphatic carbocycles. The summed E-state index contributed by atoms with van der Waals surface area (Å²) in [6.07, 6.45) is 23.8. The quantitative estimate of drug-likeness (QED) is 0.411. The van der Waals surface area contributed by atoms with Gasteiger partial charge in [0.05, 0.1) is 0 Å². The van der Waals surface area contributed by atoms with E-state index in [2.05, 4.69) is 34.6 Å². The molecule has 0 radical (unpaired) electrons. The van der Waals surface area contributed by atoms with Crippen LogP contribution in [0.3, 0.4) is 0 Å². The molecule has 2 N–H and O–H groups in total. The second kappa shape index (κ2) is 10.3. The van der Waals surface area contributed by atoms with Gasteiger partial charge < -0.3 is 5.73 Å². The van der Waals surface area contributed by atoms with E-state index in [0.717, 1.165) is 23.7 Å². The summed E-state index contributed by atoms with van der Waals surface area (Å²) in [6, 6.07) is 0. The Balaban J connectivity index is 1.86. The fraction of sp³-hybridized carbons (Fsp3) is 1.00. The van der Waals surface area contributed by atoms with Crippen molar-refractivity contribution in [2.75, 3.05) is 0 Å². The number of hydrogen-bond donors (Lipinski definition) is 1. The molecule has 0 amide bonds. The number of fused-ring (bicyclic) bond motifs is 2. The lowest BCUT2D eigenvalue weighted by molar-refractivity contribution is -0.00706. The lowest BCUT2D eigenvalue weighted by Crippen LogP contribution is -2.54. The van der Waals surface area contributed by atoms with Crippen molar-refractivity contribution < 1.29 is 0 Å². The predicted molar refractivity (Wildman–Crippen MR) is 133 cm³/mol. The molecular weight excluding hydrogens is 362 g/mol. The highest BCUT2D eigenvalue weighted by molar-refractivity contribution is 5.10. The largest absolute Gasteiger partial charge is 0.325 e. The van der Waals surface area contributed by atoms with Gasteiger partial charge in [0.1, 0.15) is 0 Å². The van der Waals surface area contributed by atoms with E-state index in [1.807, 2.05) is 0 Å². The molecular formula is C29H55N. The first-order valence-electron chi connectivity index (χ1n) is 14.1. The molecule has 30 heavy (non-hydrogen) atoms. The van der Waals surface area contributed by atoms with E-state index in [1.165, 1.54) is 109 Å². The SMILES string of the molecule is CCCCCCC1(N)CCC2C(CC)C[C@H](CC)C3CCCCC3(C)CCCC21C. The second-order valence-electron chi connectivity index (χ2n) is 12.5. The van der Waals surface area contributed by atoms with Crippen LogP contribution in [0.15, 0.2) is 0 Å². The van der Waals surface area contributed by atoms with Crippen LogP contribution < -0.4 is 5.73 Å². The minimum absolute atomic E-state index is 0.0899. The molecule has 3 saturated carbocycles. The minimum atomic E-state index is 0.0899. The third kappa shape index (κ3) is 4.67. The molecule has 6 unspecified atom stereocenters. The van der Waals surface area contributed by atoms with Gasteiger partial charge in [0, 0.05) is 5.54 Å². The third-order valence-corrected chi connectivity index (χ3v) is 11.0. The van der Waals surface area contributed by atoms with Gasteiger partial charge in [-0.1, -0.05) is 92.4 Å². The van der Waals surface area contributed by atoms with Gasteiger partial charge in [-0.15, -0.1) is 0 Å². The van der Waals surface area contributed by atoms with Gasteiger partial charge in [-0.05, 0) is 85.9 Å². The molecule has 0 aromatic carbocycles. The first kappa shape index (κ1) is 24.6. The molecule has 176 valence electrons. The monoisotopic (exact) mass is 417 g/mol. The van der Waals surface area contributed by atoms with Gasteiger partial charge in [0.25, 0.3) is 0 Å². The molecule has 1 heteroatoms. The Bertz CT molecular complexity index is 528. The summed E-state index contributed by atoms with van der Waals surface area (Å²) in [5, 5.41) is 0. The normalized spacial score (nSPS) is 45.0. The summed E-state index contributed by atoms with van der Waals surface area (Å²) in [5.41, 5.74) is 8.43. The van der Waals surface area contributed by atoms with E-state index in [4.69, 9.17) is 5.73 Å². The zero-order valence-electron chi connectivity index (χ0n) is 21.4. The molecule has 0 aromatic heterocycles. The topological polar surface area (TPSA) is 26.0 Å². The Hall–Kier alpha value is -0.0400. The highest BCUT2D eigenvalue weighted by Gasteiger charge is 2.56. The molecule has 7 atom stereocenters. The standard InChI is InChI=1S/C29H55N/c1-6-9-10-12-20-29(30)21-16-26-24(8-3)22-23(7-2)25-15-11-13-17-27(25,4)18-14-19-28(26,29)5/h23-26H,6-22,30H2,1-5H3/t23-,24?,25?,26?,27?,28?,29?/m0/s1. The molecule has 0 bridgehead atoms. The first-order valence-corrected chi connectivity index (χ1v) is 14.1. The van der Waals surface area contributed by atoms with Gasteiger partial charge in [-0.3, -0.25) is 0 Å². The van der Waals surface area contributed by atoms with Gasteiger partial charge >= 0.3 is 0 Å². The first-order chi connectivity index (χ1) is 14.3. The summed E-state index contributed by atoms with van der Waals surface area (Å²) < 4.78 is 0. The number of nitrogens with two attached hydrogens (primary N) is 1. The van der Waals surface area contributed by atoms with E-state index >= 15 is 0 Å². The van der Waals surface area contributed by atoms with Crippen molar-refractivity contribution in [3.8, 4) is 0 Å². The molecule has 3 fully saturated rings. The number of hydrogen-bond acceptors (Lipinski definition) is 1. The molecule has 0 saturated heterocycles. The van der Waals surface area contributed by atoms with Crippen LogP contribution in [0.2, 0.25) is 0 Å². The molecule has 0 aromatic rings.